The van der Waals surface area contributed by atoms with Gasteiger partial charge in [-0.2, -0.15) is 0 Å². The van der Waals surface area contributed by atoms with Gasteiger partial charge < -0.3 is 14.6 Å². The third-order valence-electron chi connectivity index (χ3n) is 6.38. The Hall–Kier alpha value is -2.58. The highest BCUT2D eigenvalue weighted by molar-refractivity contribution is 7.93. The first-order valence-corrected chi connectivity index (χ1v) is 12.9. The monoisotopic (exact) mass is 475 g/mol. The summed E-state index contributed by atoms with van der Waals surface area (Å²) in [6.45, 7) is 5.27. The van der Waals surface area contributed by atoms with Gasteiger partial charge in [-0.3, -0.25) is 9.69 Å². The van der Waals surface area contributed by atoms with Gasteiger partial charge in [0.2, 0.25) is 0 Å². The first-order chi connectivity index (χ1) is 15.8. The molecule has 1 fully saturated rings. The van der Waals surface area contributed by atoms with Crippen molar-refractivity contribution in [2.24, 2.45) is 0 Å². The molecule has 0 aromatic heterocycles. The van der Waals surface area contributed by atoms with Crippen molar-refractivity contribution in [3.8, 4) is 11.5 Å². The Morgan fingerprint density at radius 2 is 1.61 bits per heavy atom. The molecule has 1 N–H and O–H groups in total. The number of piperidine rings is 1. The average molecular weight is 476 g/mol. The fourth-order valence-corrected chi connectivity index (χ4v) is 6.15. The van der Waals surface area contributed by atoms with Gasteiger partial charge >= 0.3 is 5.97 Å². The van der Waals surface area contributed by atoms with Crippen LogP contribution in [0.2, 0.25) is 0 Å². The van der Waals surface area contributed by atoms with E-state index in [-0.39, 0.29) is 17.7 Å². The van der Waals surface area contributed by atoms with Crippen molar-refractivity contribution in [2.75, 3.05) is 33.4 Å². The number of carbonyl (C=O) groups is 1. The molecule has 1 aliphatic rings. The summed E-state index contributed by atoms with van der Waals surface area (Å²) in [6.07, 6.45) is 3.56. The van der Waals surface area contributed by atoms with Crippen LogP contribution < -0.4 is 9.47 Å². The van der Waals surface area contributed by atoms with Gasteiger partial charge in [0.15, 0.2) is 14.6 Å². The molecule has 1 atom stereocenters. The lowest BCUT2D eigenvalue weighted by Gasteiger charge is -2.28. The average Bonchev–Trinajstić information content (AvgIpc) is 2.84. The highest BCUT2D eigenvalue weighted by Crippen LogP contribution is 2.34. The molecule has 2 aromatic carbocycles. The van der Waals surface area contributed by atoms with E-state index in [0.29, 0.717) is 23.7 Å². The molecule has 1 unspecified atom stereocenters. The molecule has 0 saturated carbocycles. The van der Waals surface area contributed by atoms with Crippen LogP contribution in [-0.4, -0.2) is 62.5 Å². The van der Waals surface area contributed by atoms with Gasteiger partial charge in [-0.15, -0.1) is 0 Å². The van der Waals surface area contributed by atoms with E-state index in [2.05, 4.69) is 4.90 Å². The largest absolute Gasteiger partial charge is 0.497 e. The highest BCUT2D eigenvalue weighted by Gasteiger charge is 2.50. The van der Waals surface area contributed by atoms with Gasteiger partial charge in [-0.1, -0.05) is 25.5 Å². The number of ether oxygens (including phenoxy) is 2. The minimum atomic E-state index is -4.16. The lowest BCUT2D eigenvalue weighted by Crippen LogP contribution is -2.48. The van der Waals surface area contributed by atoms with E-state index in [9.17, 15) is 18.3 Å². The number of carboxylic acids is 1. The number of sulfone groups is 1. The van der Waals surface area contributed by atoms with E-state index in [1.165, 1.54) is 50.6 Å². The molecule has 0 aliphatic carbocycles. The first-order valence-electron chi connectivity index (χ1n) is 11.4. The second-order valence-corrected chi connectivity index (χ2v) is 10.7. The smallest absolute Gasteiger partial charge is 0.325 e. The number of benzene rings is 2. The van der Waals surface area contributed by atoms with Crippen LogP contribution >= 0.6 is 0 Å². The third kappa shape index (κ3) is 5.68. The maximum atomic E-state index is 13.4. The number of hydrogen-bond acceptors (Lipinski definition) is 6. The lowest BCUT2D eigenvalue weighted by atomic mass is 9.96. The van der Waals surface area contributed by atoms with Gasteiger partial charge in [0, 0.05) is 13.0 Å². The van der Waals surface area contributed by atoms with Crippen molar-refractivity contribution in [1.29, 1.82) is 0 Å². The maximum Gasteiger partial charge on any atom is 0.325 e. The van der Waals surface area contributed by atoms with Crippen molar-refractivity contribution in [3.05, 3.63) is 54.1 Å². The summed E-state index contributed by atoms with van der Waals surface area (Å²) in [6, 6.07) is 12.8. The van der Waals surface area contributed by atoms with Crippen molar-refractivity contribution in [1.82, 2.24) is 4.90 Å². The molecule has 8 heteroatoms. The fourth-order valence-electron chi connectivity index (χ4n) is 4.24. The number of carboxylic acid groups (broad SMARTS) is 1. The molecular weight excluding hydrogens is 442 g/mol. The zero-order chi connectivity index (χ0) is 23.9. The highest BCUT2D eigenvalue weighted by atomic mass is 32.2. The molecule has 33 heavy (non-hydrogen) atoms. The second kappa shape index (κ2) is 11.0. The molecule has 180 valence electrons. The maximum absolute atomic E-state index is 13.4. The van der Waals surface area contributed by atoms with E-state index in [0.717, 1.165) is 19.6 Å². The molecule has 1 saturated heterocycles. The quantitative estimate of drug-likeness (QED) is 0.528. The number of likely N-dealkylation sites (tertiary alicyclic amines) is 1. The molecule has 1 heterocycles. The Labute approximate surface area is 196 Å². The predicted molar refractivity (Wildman–Crippen MR) is 127 cm³/mol. The number of methoxy groups -OCH3 is 1. The normalized spacial score (nSPS) is 16.7. The number of rotatable bonds is 11. The van der Waals surface area contributed by atoms with E-state index >= 15 is 0 Å². The van der Waals surface area contributed by atoms with Gasteiger partial charge in [-0.05, 0) is 74.3 Å². The topological polar surface area (TPSA) is 93.1 Å². The standard InChI is InChI=1S/C25H33NO6S/c1-3-25(24(27)28,33(29,30)23-13-11-21(31-2)12-14-23)19-20-7-9-22(10-8-20)32-18-17-26-15-5-4-6-16-26/h7-14H,3-6,15-19H2,1-2H3,(H,27,28). The van der Waals surface area contributed by atoms with Crippen molar-refractivity contribution >= 4 is 15.8 Å². The minimum Gasteiger partial charge on any atom is -0.497 e. The first kappa shape index (κ1) is 25.1. The van der Waals surface area contributed by atoms with E-state index in [4.69, 9.17) is 9.47 Å². The lowest BCUT2D eigenvalue weighted by molar-refractivity contribution is -0.140. The Balaban J connectivity index is 1.73. The zero-order valence-corrected chi connectivity index (χ0v) is 20.1. The molecule has 2 aromatic rings. The summed E-state index contributed by atoms with van der Waals surface area (Å²) < 4.78 is 35.8. The third-order valence-corrected chi connectivity index (χ3v) is 8.91. The van der Waals surface area contributed by atoms with Crippen LogP contribution in [0.3, 0.4) is 0 Å². The van der Waals surface area contributed by atoms with Crippen molar-refractivity contribution in [2.45, 2.75) is 48.7 Å². The number of nitrogens with zero attached hydrogens (tertiary/aromatic N) is 1. The Morgan fingerprint density at radius 3 is 2.15 bits per heavy atom. The SMILES string of the molecule is CCC(Cc1ccc(OCCN2CCCCC2)cc1)(C(=O)O)S(=O)(=O)c1ccc(OC)cc1. The van der Waals surface area contributed by atoms with Crippen LogP contribution in [0.25, 0.3) is 0 Å². The molecule has 0 radical (unpaired) electrons. The van der Waals surface area contributed by atoms with Crippen LogP contribution in [0.15, 0.2) is 53.4 Å². The van der Waals surface area contributed by atoms with E-state index in [1.807, 2.05) is 0 Å². The van der Waals surface area contributed by atoms with Crippen LogP contribution in [-0.2, 0) is 21.1 Å². The van der Waals surface area contributed by atoms with E-state index in [1.54, 1.807) is 31.2 Å². The molecule has 1 aliphatic heterocycles. The Kier molecular flexibility index (Phi) is 8.37. The predicted octanol–water partition coefficient (Wildman–Crippen LogP) is 3.81. The summed E-state index contributed by atoms with van der Waals surface area (Å²) in [4.78, 5) is 14.7. The summed E-state index contributed by atoms with van der Waals surface area (Å²) in [7, 11) is -2.68. The Morgan fingerprint density at radius 1 is 1.00 bits per heavy atom. The number of aliphatic carboxylic acids is 1. The van der Waals surface area contributed by atoms with Crippen LogP contribution in [0.5, 0.6) is 11.5 Å². The van der Waals surface area contributed by atoms with Gasteiger partial charge in [0.25, 0.3) is 0 Å². The summed E-state index contributed by atoms with van der Waals surface area (Å²) in [5, 5.41) is 10.0. The fraction of sp³-hybridized carbons (Fsp3) is 0.480. The number of hydrogen-bond donors (Lipinski definition) is 1. The van der Waals surface area contributed by atoms with Gasteiger partial charge in [0.05, 0.1) is 12.0 Å². The van der Waals surface area contributed by atoms with Crippen molar-refractivity contribution < 1.29 is 27.8 Å². The van der Waals surface area contributed by atoms with E-state index < -0.39 is 20.6 Å². The molecule has 0 amide bonds. The second-order valence-electron chi connectivity index (χ2n) is 8.40. The molecule has 3 rings (SSSR count). The zero-order valence-electron chi connectivity index (χ0n) is 19.3. The molecular formula is C25H33NO6S. The van der Waals surface area contributed by atoms with Crippen LogP contribution in [0.1, 0.15) is 38.2 Å². The molecule has 0 bridgehead atoms. The van der Waals surface area contributed by atoms with Crippen molar-refractivity contribution in [3.63, 3.8) is 0 Å². The summed E-state index contributed by atoms with van der Waals surface area (Å²) in [5.41, 5.74) is 0.625. The minimum absolute atomic E-state index is 0.0368. The van der Waals surface area contributed by atoms with Crippen LogP contribution in [0, 0.1) is 0 Å². The Bertz CT molecular complexity index is 1010. The summed E-state index contributed by atoms with van der Waals surface area (Å²) in [5.74, 6) is -0.170. The van der Waals surface area contributed by atoms with Gasteiger partial charge in [0.1, 0.15) is 18.1 Å². The summed E-state index contributed by atoms with van der Waals surface area (Å²) >= 11 is 0. The molecule has 7 nitrogen and oxygen atoms in total. The van der Waals surface area contributed by atoms with Crippen LogP contribution in [0.4, 0.5) is 0 Å². The molecule has 0 spiro atoms. The van der Waals surface area contributed by atoms with Gasteiger partial charge in [-0.25, -0.2) is 8.42 Å².